The number of carbonyl (C=O) groups excluding carboxylic acids is 4. The van der Waals surface area contributed by atoms with E-state index in [-0.39, 0.29) is 17.8 Å². The lowest BCUT2D eigenvalue weighted by molar-refractivity contribution is -0.171. The molecule has 1 saturated heterocycles. The van der Waals surface area contributed by atoms with E-state index in [1.54, 1.807) is 19.1 Å². The number of fused-ring (bicyclic) bond motifs is 1. The molecule has 8 heteroatoms. The highest BCUT2D eigenvalue weighted by molar-refractivity contribution is 5.91. The third kappa shape index (κ3) is 5.24. The molecule has 0 aromatic rings. The van der Waals surface area contributed by atoms with Gasteiger partial charge in [0.2, 0.25) is 0 Å². The molecule has 1 aliphatic carbocycles. The van der Waals surface area contributed by atoms with Gasteiger partial charge in [-0.2, -0.15) is 0 Å². The van der Waals surface area contributed by atoms with Gasteiger partial charge in [-0.25, -0.2) is 4.79 Å². The van der Waals surface area contributed by atoms with Crippen LogP contribution in [0, 0.1) is 11.8 Å². The Hall–Kier alpha value is -2.74. The monoisotopic (exact) mass is 420 g/mol. The summed E-state index contributed by atoms with van der Waals surface area (Å²) in [5, 5.41) is 9.66. The average Bonchev–Trinajstić information content (AvgIpc) is 2.99. The van der Waals surface area contributed by atoms with Gasteiger partial charge in [0, 0.05) is 18.1 Å². The summed E-state index contributed by atoms with van der Waals surface area (Å²) in [6, 6.07) is 0. The minimum atomic E-state index is -1.23. The summed E-state index contributed by atoms with van der Waals surface area (Å²) in [5.74, 6) is -3.25. The molecule has 0 amide bonds. The van der Waals surface area contributed by atoms with Gasteiger partial charge >= 0.3 is 17.9 Å². The molecule has 2 rings (SSSR count). The van der Waals surface area contributed by atoms with E-state index in [9.17, 15) is 24.3 Å². The number of hydrogen-bond acceptors (Lipinski definition) is 8. The van der Waals surface area contributed by atoms with Crippen LogP contribution in [0.15, 0.2) is 35.5 Å². The first-order chi connectivity index (χ1) is 14.2. The zero-order valence-corrected chi connectivity index (χ0v) is 17.5. The van der Waals surface area contributed by atoms with E-state index in [2.05, 4.69) is 6.58 Å². The first-order valence-electron chi connectivity index (χ1n) is 9.96. The van der Waals surface area contributed by atoms with E-state index in [4.69, 9.17) is 14.2 Å². The summed E-state index contributed by atoms with van der Waals surface area (Å²) in [6.45, 7) is 8.20. The number of esters is 3. The quantitative estimate of drug-likeness (QED) is 0.227. The summed E-state index contributed by atoms with van der Waals surface area (Å²) in [7, 11) is 0. The van der Waals surface area contributed by atoms with Crippen LogP contribution in [0.4, 0.5) is 0 Å². The lowest BCUT2D eigenvalue weighted by Crippen LogP contribution is -2.45. The molecule has 164 valence electrons. The minimum Gasteiger partial charge on any atom is -0.457 e. The van der Waals surface area contributed by atoms with Gasteiger partial charge < -0.3 is 19.3 Å². The SMILES string of the molecule is C=C1C(=O)O[C@@H]2/C=C(/CO)CC/C=C(/C=O)[C@H](OC(C)=O)[C@@H](OC(=O)C(C)CC)[C@@H]12. The fraction of sp³-hybridized carbons (Fsp3) is 0.545. The molecule has 0 spiro atoms. The fourth-order valence-electron chi connectivity index (χ4n) is 3.48. The molecule has 1 fully saturated rings. The van der Waals surface area contributed by atoms with Gasteiger partial charge in [0.25, 0.3) is 0 Å². The van der Waals surface area contributed by atoms with E-state index in [0.717, 1.165) is 0 Å². The Morgan fingerprint density at radius 3 is 2.67 bits per heavy atom. The van der Waals surface area contributed by atoms with Crippen LogP contribution in [-0.4, -0.2) is 54.2 Å². The molecule has 2 aliphatic rings. The molecule has 5 atom stereocenters. The van der Waals surface area contributed by atoms with E-state index in [1.165, 1.54) is 6.92 Å². The van der Waals surface area contributed by atoms with Crippen LogP contribution >= 0.6 is 0 Å². The Morgan fingerprint density at radius 2 is 2.10 bits per heavy atom. The number of rotatable bonds is 6. The highest BCUT2D eigenvalue weighted by Crippen LogP contribution is 2.37. The highest BCUT2D eigenvalue weighted by Gasteiger charge is 2.49. The molecule has 1 N–H and O–H groups in total. The van der Waals surface area contributed by atoms with Crippen LogP contribution in [0.1, 0.15) is 40.0 Å². The molecular formula is C22H28O8. The molecule has 0 aromatic heterocycles. The van der Waals surface area contributed by atoms with Gasteiger partial charge in [0.1, 0.15) is 12.4 Å². The van der Waals surface area contributed by atoms with Gasteiger partial charge in [-0.15, -0.1) is 0 Å². The highest BCUT2D eigenvalue weighted by atomic mass is 16.6. The third-order valence-electron chi connectivity index (χ3n) is 5.39. The molecule has 0 saturated carbocycles. The van der Waals surface area contributed by atoms with Crippen molar-refractivity contribution in [1.29, 1.82) is 0 Å². The van der Waals surface area contributed by atoms with Crippen LogP contribution in [0.2, 0.25) is 0 Å². The lowest BCUT2D eigenvalue weighted by atomic mass is 9.83. The molecule has 8 nitrogen and oxygen atoms in total. The number of aliphatic hydroxyl groups is 1. The Kier molecular flexibility index (Phi) is 8.11. The van der Waals surface area contributed by atoms with Crippen LogP contribution in [0.3, 0.4) is 0 Å². The van der Waals surface area contributed by atoms with Gasteiger partial charge in [0.15, 0.2) is 12.2 Å². The zero-order valence-electron chi connectivity index (χ0n) is 17.5. The standard InChI is InChI=1S/C22H28O8/c1-5-12(2)21(26)30-20-18-13(3)22(27)29-17(18)9-15(10-23)7-6-8-16(11-24)19(20)28-14(4)25/h8-9,11-12,17-20,23H,3,5-7,10H2,1-2,4H3/b15-9+,16-8-/t12?,17-,18+,19+,20+/m1/s1. The fourth-order valence-corrected chi connectivity index (χ4v) is 3.48. The normalized spacial score (nSPS) is 31.2. The molecule has 1 aliphatic heterocycles. The zero-order chi connectivity index (χ0) is 22.4. The van der Waals surface area contributed by atoms with E-state index >= 15 is 0 Å². The lowest BCUT2D eigenvalue weighted by Gasteiger charge is -2.33. The van der Waals surface area contributed by atoms with Gasteiger partial charge in [-0.3, -0.25) is 14.4 Å². The maximum absolute atomic E-state index is 12.6. The number of aldehydes is 1. The maximum atomic E-state index is 12.6. The molecule has 30 heavy (non-hydrogen) atoms. The second-order valence-electron chi connectivity index (χ2n) is 7.51. The smallest absolute Gasteiger partial charge is 0.334 e. The second-order valence-corrected chi connectivity index (χ2v) is 7.51. The number of allylic oxidation sites excluding steroid dienone is 1. The topological polar surface area (TPSA) is 116 Å². The Balaban J connectivity index is 2.63. The van der Waals surface area contributed by atoms with E-state index < -0.39 is 48.1 Å². The van der Waals surface area contributed by atoms with Crippen LogP contribution < -0.4 is 0 Å². The Labute approximate surface area is 175 Å². The average molecular weight is 420 g/mol. The Morgan fingerprint density at radius 1 is 1.40 bits per heavy atom. The van der Waals surface area contributed by atoms with Crippen LogP contribution in [0.5, 0.6) is 0 Å². The maximum Gasteiger partial charge on any atom is 0.334 e. The molecule has 1 heterocycles. The van der Waals surface area contributed by atoms with Crippen molar-refractivity contribution in [2.24, 2.45) is 11.8 Å². The molecule has 0 aromatic carbocycles. The summed E-state index contributed by atoms with van der Waals surface area (Å²) in [4.78, 5) is 48.6. The van der Waals surface area contributed by atoms with Crippen LogP contribution in [0.25, 0.3) is 0 Å². The van der Waals surface area contributed by atoms with Crippen molar-refractivity contribution < 1.29 is 38.5 Å². The molecule has 1 unspecified atom stereocenters. The van der Waals surface area contributed by atoms with Crippen molar-refractivity contribution in [1.82, 2.24) is 0 Å². The van der Waals surface area contributed by atoms with Crippen molar-refractivity contribution in [3.05, 3.63) is 35.5 Å². The van der Waals surface area contributed by atoms with Crippen molar-refractivity contribution in [3.63, 3.8) is 0 Å². The molecule has 0 radical (unpaired) electrons. The minimum absolute atomic E-state index is 0.0402. The van der Waals surface area contributed by atoms with Crippen molar-refractivity contribution in [2.45, 2.75) is 58.3 Å². The molecular weight excluding hydrogens is 392 g/mol. The van der Waals surface area contributed by atoms with E-state index in [0.29, 0.717) is 31.1 Å². The largest absolute Gasteiger partial charge is 0.457 e. The van der Waals surface area contributed by atoms with Crippen molar-refractivity contribution >= 4 is 24.2 Å². The van der Waals surface area contributed by atoms with Gasteiger partial charge in [-0.05, 0) is 30.9 Å². The summed E-state index contributed by atoms with van der Waals surface area (Å²) in [5.41, 5.74) is 0.752. The van der Waals surface area contributed by atoms with Gasteiger partial charge in [0.05, 0.1) is 18.4 Å². The second kappa shape index (κ2) is 10.3. The summed E-state index contributed by atoms with van der Waals surface area (Å²) in [6.07, 6.45) is 1.70. The van der Waals surface area contributed by atoms with Crippen LogP contribution in [-0.2, 0) is 33.4 Å². The predicted octanol–water partition coefficient (Wildman–Crippen LogP) is 1.81. The first-order valence-corrected chi connectivity index (χ1v) is 9.96. The first kappa shape index (κ1) is 23.5. The Bertz CT molecular complexity index is 778. The number of carbonyl (C=O) groups is 4. The number of aliphatic hydroxyl groups excluding tert-OH is 1. The van der Waals surface area contributed by atoms with Crippen molar-refractivity contribution in [2.75, 3.05) is 6.61 Å². The van der Waals surface area contributed by atoms with Crippen molar-refractivity contribution in [3.8, 4) is 0 Å². The number of ether oxygens (including phenoxy) is 3. The van der Waals surface area contributed by atoms with Gasteiger partial charge in [-0.1, -0.05) is 26.5 Å². The van der Waals surface area contributed by atoms with E-state index in [1.807, 2.05) is 6.92 Å². The predicted molar refractivity (Wildman–Crippen MR) is 106 cm³/mol. The molecule has 0 bridgehead atoms. The summed E-state index contributed by atoms with van der Waals surface area (Å²) >= 11 is 0. The number of hydrogen-bond donors (Lipinski definition) is 1. The third-order valence-corrected chi connectivity index (χ3v) is 5.39. The summed E-state index contributed by atoms with van der Waals surface area (Å²) < 4.78 is 16.5.